The van der Waals surface area contributed by atoms with Gasteiger partial charge in [-0.15, -0.1) is 5.10 Å². The van der Waals surface area contributed by atoms with Crippen molar-refractivity contribution in [3.05, 3.63) is 0 Å². The first-order valence-corrected chi connectivity index (χ1v) is 5.89. The number of hydrogen-bond acceptors (Lipinski definition) is 5. The number of nitrogens with zero attached hydrogens (tertiary/aromatic N) is 5. The van der Waals surface area contributed by atoms with Crippen LogP contribution in [0.15, 0.2) is 5.16 Å². The average molecular weight is 227 g/mol. The van der Waals surface area contributed by atoms with Gasteiger partial charge in [0.05, 0.1) is 5.75 Å². The number of carbonyl (C=O) groups is 1. The monoisotopic (exact) mass is 227 g/mol. The van der Waals surface area contributed by atoms with Crippen LogP contribution in [0, 0.1) is 0 Å². The molecule has 1 aromatic rings. The second-order valence-electron chi connectivity index (χ2n) is 3.46. The smallest absolute Gasteiger partial charge is 0.233 e. The summed E-state index contributed by atoms with van der Waals surface area (Å²) in [5.74, 6) is 0.606. The summed E-state index contributed by atoms with van der Waals surface area (Å²) in [5.41, 5.74) is 0. The number of likely N-dealkylation sites (tertiary alicyclic amines) is 1. The van der Waals surface area contributed by atoms with Gasteiger partial charge in [-0.3, -0.25) is 4.79 Å². The molecule has 82 valence electrons. The highest BCUT2D eigenvalue weighted by molar-refractivity contribution is 7.99. The number of rotatable bonds is 3. The number of amides is 1. The molecule has 7 heteroatoms. The summed E-state index contributed by atoms with van der Waals surface area (Å²) in [7, 11) is 1.77. The summed E-state index contributed by atoms with van der Waals surface area (Å²) >= 11 is 1.38. The van der Waals surface area contributed by atoms with Gasteiger partial charge in [0, 0.05) is 20.1 Å². The number of hydrogen-bond donors (Lipinski definition) is 0. The molecule has 0 bridgehead atoms. The minimum atomic E-state index is 0.181. The van der Waals surface area contributed by atoms with Gasteiger partial charge in [-0.2, -0.15) is 0 Å². The van der Waals surface area contributed by atoms with E-state index in [0.29, 0.717) is 10.9 Å². The summed E-state index contributed by atoms with van der Waals surface area (Å²) in [6.45, 7) is 1.80. The lowest BCUT2D eigenvalue weighted by molar-refractivity contribution is -0.127. The summed E-state index contributed by atoms with van der Waals surface area (Å²) in [5, 5.41) is 11.7. The van der Waals surface area contributed by atoms with Crippen molar-refractivity contribution in [3.8, 4) is 0 Å². The first-order chi connectivity index (χ1) is 7.27. The van der Waals surface area contributed by atoms with Crippen LogP contribution in [0.1, 0.15) is 12.8 Å². The number of tetrazole rings is 1. The van der Waals surface area contributed by atoms with E-state index in [1.165, 1.54) is 11.8 Å². The minimum absolute atomic E-state index is 0.181. The standard InChI is InChI=1S/C8H13N5OS/c1-12-8(9-10-11-12)15-6-7(14)13-4-2-3-5-13/h2-6H2,1H3. The van der Waals surface area contributed by atoms with Crippen molar-refractivity contribution in [2.24, 2.45) is 7.05 Å². The first kappa shape index (κ1) is 10.4. The van der Waals surface area contributed by atoms with E-state index >= 15 is 0 Å². The van der Waals surface area contributed by atoms with Gasteiger partial charge in [0.2, 0.25) is 11.1 Å². The van der Waals surface area contributed by atoms with E-state index in [9.17, 15) is 4.79 Å². The predicted octanol–water partition coefficient (Wildman–Crippen LogP) is -0.0754. The molecule has 1 saturated heterocycles. The Morgan fingerprint density at radius 1 is 1.47 bits per heavy atom. The highest BCUT2D eigenvalue weighted by Gasteiger charge is 2.18. The third-order valence-corrected chi connectivity index (χ3v) is 3.36. The molecule has 2 heterocycles. The molecule has 0 spiro atoms. The number of aryl methyl sites for hydroxylation is 1. The number of thioether (sulfide) groups is 1. The first-order valence-electron chi connectivity index (χ1n) is 4.90. The highest BCUT2D eigenvalue weighted by Crippen LogP contribution is 2.15. The average Bonchev–Trinajstić information content (AvgIpc) is 2.85. The Bertz CT molecular complexity index is 347. The van der Waals surface area contributed by atoms with Crippen molar-refractivity contribution in [3.63, 3.8) is 0 Å². The number of carbonyl (C=O) groups excluding carboxylic acids is 1. The topological polar surface area (TPSA) is 63.9 Å². The molecule has 0 aromatic carbocycles. The van der Waals surface area contributed by atoms with Crippen LogP contribution in [-0.4, -0.2) is 49.9 Å². The quantitative estimate of drug-likeness (QED) is 0.676. The summed E-state index contributed by atoms with van der Waals surface area (Å²) < 4.78 is 1.57. The van der Waals surface area contributed by atoms with Crippen LogP contribution in [-0.2, 0) is 11.8 Å². The maximum atomic E-state index is 11.7. The molecule has 1 aliphatic heterocycles. The van der Waals surface area contributed by atoms with Gasteiger partial charge in [0.25, 0.3) is 0 Å². The lowest BCUT2D eigenvalue weighted by Gasteiger charge is -2.13. The largest absolute Gasteiger partial charge is 0.342 e. The Hall–Kier alpha value is -1.11. The number of aromatic nitrogens is 4. The van der Waals surface area contributed by atoms with Crippen LogP contribution in [0.5, 0.6) is 0 Å². The van der Waals surface area contributed by atoms with Crippen LogP contribution in [0.3, 0.4) is 0 Å². The van der Waals surface area contributed by atoms with Gasteiger partial charge >= 0.3 is 0 Å². The Kier molecular flexibility index (Phi) is 3.20. The summed E-state index contributed by atoms with van der Waals surface area (Å²) in [4.78, 5) is 13.6. The van der Waals surface area contributed by atoms with Crippen molar-refractivity contribution in [2.45, 2.75) is 18.0 Å². The highest BCUT2D eigenvalue weighted by atomic mass is 32.2. The van der Waals surface area contributed by atoms with E-state index in [4.69, 9.17) is 0 Å². The third kappa shape index (κ3) is 2.47. The van der Waals surface area contributed by atoms with Crippen LogP contribution in [0.2, 0.25) is 0 Å². The van der Waals surface area contributed by atoms with E-state index in [1.54, 1.807) is 11.7 Å². The van der Waals surface area contributed by atoms with Gasteiger partial charge < -0.3 is 4.90 Å². The van der Waals surface area contributed by atoms with Crippen LogP contribution in [0.25, 0.3) is 0 Å². The fourth-order valence-corrected chi connectivity index (χ4v) is 2.28. The van der Waals surface area contributed by atoms with E-state index in [0.717, 1.165) is 25.9 Å². The maximum Gasteiger partial charge on any atom is 0.233 e. The molecule has 2 rings (SSSR count). The lowest BCUT2D eigenvalue weighted by Crippen LogP contribution is -2.29. The molecule has 1 aromatic heterocycles. The normalized spacial score (nSPS) is 15.9. The molecule has 1 fully saturated rings. The molecule has 1 aliphatic rings. The van der Waals surface area contributed by atoms with E-state index < -0.39 is 0 Å². The fourth-order valence-electron chi connectivity index (χ4n) is 1.53. The summed E-state index contributed by atoms with van der Waals surface area (Å²) in [6.07, 6.45) is 2.25. The van der Waals surface area contributed by atoms with Gasteiger partial charge in [-0.25, -0.2) is 4.68 Å². The zero-order valence-corrected chi connectivity index (χ0v) is 9.40. The van der Waals surface area contributed by atoms with Crippen molar-refractivity contribution < 1.29 is 4.79 Å². The van der Waals surface area contributed by atoms with E-state index in [-0.39, 0.29) is 5.91 Å². The van der Waals surface area contributed by atoms with Crippen molar-refractivity contribution in [2.75, 3.05) is 18.8 Å². The lowest BCUT2D eigenvalue weighted by atomic mass is 10.4. The maximum absolute atomic E-state index is 11.7. The molecule has 0 unspecified atom stereocenters. The zero-order valence-electron chi connectivity index (χ0n) is 8.59. The van der Waals surface area contributed by atoms with Crippen LogP contribution in [0.4, 0.5) is 0 Å². The molecule has 0 saturated carbocycles. The molecule has 0 N–H and O–H groups in total. The van der Waals surface area contributed by atoms with Gasteiger partial charge in [-0.1, -0.05) is 11.8 Å². The van der Waals surface area contributed by atoms with Crippen LogP contribution >= 0.6 is 11.8 Å². The Morgan fingerprint density at radius 3 is 2.80 bits per heavy atom. The van der Waals surface area contributed by atoms with Gasteiger partial charge in [0.15, 0.2) is 0 Å². The van der Waals surface area contributed by atoms with E-state index in [2.05, 4.69) is 15.5 Å². The van der Waals surface area contributed by atoms with E-state index in [1.807, 2.05) is 4.90 Å². The Morgan fingerprint density at radius 2 is 2.20 bits per heavy atom. The van der Waals surface area contributed by atoms with Crippen molar-refractivity contribution in [1.82, 2.24) is 25.1 Å². The molecule has 1 amide bonds. The van der Waals surface area contributed by atoms with Crippen LogP contribution < -0.4 is 0 Å². The molecule has 0 radical (unpaired) electrons. The predicted molar refractivity (Wildman–Crippen MR) is 55.3 cm³/mol. The molecule has 0 aliphatic carbocycles. The Balaban J connectivity index is 1.83. The van der Waals surface area contributed by atoms with Crippen molar-refractivity contribution in [1.29, 1.82) is 0 Å². The molecular weight excluding hydrogens is 214 g/mol. The van der Waals surface area contributed by atoms with Gasteiger partial charge in [0.1, 0.15) is 0 Å². The van der Waals surface area contributed by atoms with Crippen molar-refractivity contribution >= 4 is 17.7 Å². The second-order valence-corrected chi connectivity index (χ2v) is 4.40. The second kappa shape index (κ2) is 4.61. The zero-order chi connectivity index (χ0) is 10.7. The SMILES string of the molecule is Cn1nnnc1SCC(=O)N1CCCC1. The molecular formula is C8H13N5OS. The minimum Gasteiger partial charge on any atom is -0.342 e. The molecule has 6 nitrogen and oxygen atoms in total. The Labute approximate surface area is 92.0 Å². The molecule has 0 atom stereocenters. The third-order valence-electron chi connectivity index (χ3n) is 2.36. The fraction of sp³-hybridized carbons (Fsp3) is 0.750. The summed E-state index contributed by atoms with van der Waals surface area (Å²) in [6, 6.07) is 0. The molecule has 15 heavy (non-hydrogen) atoms. The van der Waals surface area contributed by atoms with Gasteiger partial charge in [-0.05, 0) is 23.3 Å².